The summed E-state index contributed by atoms with van der Waals surface area (Å²) in [7, 11) is 0. The molecule has 3 N–H and O–H groups in total. The van der Waals surface area contributed by atoms with Crippen molar-refractivity contribution in [2.75, 3.05) is 6.54 Å². The van der Waals surface area contributed by atoms with Crippen LogP contribution in [0.5, 0.6) is 0 Å². The molecule has 1 aromatic heterocycles. The Kier molecular flexibility index (Phi) is 5.75. The van der Waals surface area contributed by atoms with Crippen LogP contribution in [0.4, 0.5) is 13.6 Å². The number of hydrogen-bond acceptors (Lipinski definition) is 1. The molecule has 0 aliphatic heterocycles. The van der Waals surface area contributed by atoms with Crippen molar-refractivity contribution in [2.24, 2.45) is 0 Å². The van der Waals surface area contributed by atoms with Gasteiger partial charge >= 0.3 is 6.03 Å². The van der Waals surface area contributed by atoms with Crippen LogP contribution in [0, 0.1) is 11.6 Å². The van der Waals surface area contributed by atoms with E-state index in [-0.39, 0.29) is 23.6 Å². The predicted molar refractivity (Wildman–Crippen MR) is 113 cm³/mol. The first-order chi connectivity index (χ1) is 14.6. The number of benzene rings is 3. The van der Waals surface area contributed by atoms with Crippen LogP contribution in [-0.2, 0) is 6.54 Å². The largest absolute Gasteiger partial charge is 0.361 e. The van der Waals surface area contributed by atoms with Gasteiger partial charge in [0.15, 0.2) is 0 Å². The average Bonchev–Trinajstić information content (AvgIpc) is 3.19. The highest BCUT2D eigenvalue weighted by molar-refractivity contribution is 5.84. The highest BCUT2D eigenvalue weighted by Crippen LogP contribution is 2.30. The maximum atomic E-state index is 13.4. The minimum atomic E-state index is -0.328. The summed E-state index contributed by atoms with van der Waals surface area (Å²) in [5.41, 5.74) is 3.73. The number of hydrogen-bond donors (Lipinski definition) is 3. The Labute approximate surface area is 172 Å². The second-order valence-corrected chi connectivity index (χ2v) is 7.08. The Morgan fingerprint density at radius 1 is 0.867 bits per heavy atom. The van der Waals surface area contributed by atoms with Gasteiger partial charge < -0.3 is 15.6 Å². The minimum absolute atomic E-state index is 0.154. The molecule has 4 aromatic rings. The summed E-state index contributed by atoms with van der Waals surface area (Å²) in [5, 5.41) is 6.73. The number of carbonyl (C=O) groups is 1. The Bertz CT molecular complexity index is 1140. The number of amides is 2. The van der Waals surface area contributed by atoms with E-state index in [1.165, 1.54) is 24.3 Å². The van der Waals surface area contributed by atoms with E-state index in [1.54, 1.807) is 24.3 Å². The third-order valence-corrected chi connectivity index (χ3v) is 5.10. The second kappa shape index (κ2) is 8.78. The normalized spacial score (nSPS) is 11.9. The molecule has 0 aliphatic carbocycles. The van der Waals surface area contributed by atoms with Gasteiger partial charge in [-0.05, 0) is 47.0 Å². The molecule has 152 valence electrons. The van der Waals surface area contributed by atoms with E-state index in [2.05, 4.69) is 15.6 Å². The van der Waals surface area contributed by atoms with Gasteiger partial charge in [0.1, 0.15) is 11.6 Å². The summed E-state index contributed by atoms with van der Waals surface area (Å²) < 4.78 is 26.4. The van der Waals surface area contributed by atoms with Crippen LogP contribution in [0.2, 0.25) is 0 Å². The van der Waals surface area contributed by atoms with Gasteiger partial charge in [0.05, 0.1) is 0 Å². The zero-order valence-corrected chi connectivity index (χ0v) is 16.2. The van der Waals surface area contributed by atoms with Crippen molar-refractivity contribution in [3.8, 4) is 0 Å². The summed E-state index contributed by atoms with van der Waals surface area (Å²) in [6.07, 6.45) is 1.93. The number of halogens is 2. The van der Waals surface area contributed by atoms with Crippen molar-refractivity contribution in [3.63, 3.8) is 0 Å². The molecule has 4 rings (SSSR count). The van der Waals surface area contributed by atoms with Gasteiger partial charge in [-0.3, -0.25) is 0 Å². The molecule has 0 radical (unpaired) electrons. The summed E-state index contributed by atoms with van der Waals surface area (Å²) in [5.74, 6) is -0.774. The van der Waals surface area contributed by atoms with E-state index in [1.807, 2.05) is 30.5 Å². The third-order valence-electron chi connectivity index (χ3n) is 5.10. The molecule has 1 heterocycles. The minimum Gasteiger partial charge on any atom is -0.361 e. The van der Waals surface area contributed by atoms with Crippen molar-refractivity contribution < 1.29 is 13.6 Å². The van der Waals surface area contributed by atoms with Crippen molar-refractivity contribution >= 4 is 16.9 Å². The lowest BCUT2D eigenvalue weighted by atomic mass is 9.91. The van der Waals surface area contributed by atoms with Crippen molar-refractivity contribution in [1.82, 2.24) is 15.6 Å². The first-order valence-electron chi connectivity index (χ1n) is 9.68. The van der Waals surface area contributed by atoms with E-state index < -0.39 is 0 Å². The lowest BCUT2D eigenvalue weighted by Crippen LogP contribution is -2.37. The van der Waals surface area contributed by atoms with Gasteiger partial charge in [-0.2, -0.15) is 0 Å². The maximum absolute atomic E-state index is 13.4. The number of nitrogens with one attached hydrogen (secondary N) is 3. The van der Waals surface area contributed by atoms with Crippen LogP contribution in [0.15, 0.2) is 79.0 Å². The maximum Gasteiger partial charge on any atom is 0.315 e. The van der Waals surface area contributed by atoms with Crippen molar-refractivity contribution in [3.05, 3.63) is 107 Å². The highest BCUT2D eigenvalue weighted by atomic mass is 19.1. The third kappa shape index (κ3) is 4.49. The quantitative estimate of drug-likeness (QED) is 0.412. The highest BCUT2D eigenvalue weighted by Gasteiger charge is 2.19. The number of H-pyrrole nitrogens is 1. The van der Waals surface area contributed by atoms with Gasteiger partial charge in [-0.15, -0.1) is 0 Å². The van der Waals surface area contributed by atoms with E-state index in [9.17, 15) is 13.6 Å². The molecule has 0 saturated heterocycles. The van der Waals surface area contributed by atoms with Crippen LogP contribution in [-0.4, -0.2) is 17.6 Å². The number of aromatic amines is 1. The molecule has 0 unspecified atom stereocenters. The second-order valence-electron chi connectivity index (χ2n) is 7.08. The molecule has 3 aromatic carbocycles. The fraction of sp³-hybridized carbons (Fsp3) is 0.125. The van der Waals surface area contributed by atoms with Crippen LogP contribution in [0.3, 0.4) is 0 Å². The number of aromatic nitrogens is 1. The summed E-state index contributed by atoms with van der Waals surface area (Å²) in [6, 6.07) is 19.9. The number of urea groups is 1. The smallest absolute Gasteiger partial charge is 0.315 e. The van der Waals surface area contributed by atoms with Gasteiger partial charge in [-0.25, -0.2) is 13.6 Å². The number of carbonyl (C=O) groups excluding carboxylic acids is 1. The number of rotatable bonds is 6. The molecule has 6 heteroatoms. The number of fused-ring (bicyclic) bond motifs is 1. The predicted octanol–water partition coefficient (Wildman–Crippen LogP) is 5.08. The molecule has 0 aliphatic rings. The molecule has 0 bridgehead atoms. The molecule has 0 fully saturated rings. The summed E-state index contributed by atoms with van der Waals surface area (Å²) >= 11 is 0. The lowest BCUT2D eigenvalue weighted by molar-refractivity contribution is 0.240. The average molecular weight is 405 g/mol. The van der Waals surface area contributed by atoms with Crippen molar-refractivity contribution in [2.45, 2.75) is 12.5 Å². The van der Waals surface area contributed by atoms with E-state index in [0.29, 0.717) is 13.1 Å². The van der Waals surface area contributed by atoms with E-state index >= 15 is 0 Å². The lowest BCUT2D eigenvalue weighted by Gasteiger charge is -2.18. The molecular formula is C24H21F2N3O. The van der Waals surface area contributed by atoms with Gasteiger partial charge in [0.2, 0.25) is 0 Å². The Hall–Kier alpha value is -3.67. The fourth-order valence-electron chi connectivity index (χ4n) is 3.53. The molecule has 0 spiro atoms. The molecule has 1 atom stereocenters. The zero-order chi connectivity index (χ0) is 20.9. The molecule has 2 amide bonds. The van der Waals surface area contributed by atoms with E-state index in [0.717, 1.165) is 27.6 Å². The van der Waals surface area contributed by atoms with Crippen LogP contribution >= 0.6 is 0 Å². The Morgan fingerprint density at radius 3 is 2.27 bits per heavy atom. The van der Waals surface area contributed by atoms with Gasteiger partial charge in [0, 0.05) is 36.1 Å². The molecule has 4 nitrogen and oxygen atoms in total. The number of para-hydroxylation sites is 1. The Morgan fingerprint density at radius 2 is 1.53 bits per heavy atom. The van der Waals surface area contributed by atoms with Crippen molar-refractivity contribution in [1.29, 1.82) is 0 Å². The first-order valence-corrected chi connectivity index (χ1v) is 9.68. The van der Waals surface area contributed by atoms with Crippen LogP contribution in [0.25, 0.3) is 10.9 Å². The van der Waals surface area contributed by atoms with Gasteiger partial charge in [-0.1, -0.05) is 42.5 Å². The van der Waals surface area contributed by atoms with Crippen LogP contribution < -0.4 is 10.6 Å². The Balaban J connectivity index is 1.49. The SMILES string of the molecule is O=C(NCc1ccc(F)cc1)NC[C@H](c1ccc(F)cc1)c1c[nH]c2ccccc12. The van der Waals surface area contributed by atoms with Gasteiger partial charge in [0.25, 0.3) is 0 Å². The monoisotopic (exact) mass is 405 g/mol. The standard InChI is InChI=1S/C24H21F2N3O/c25-18-9-5-16(6-10-18)13-28-24(30)29-14-21(17-7-11-19(26)12-8-17)22-15-27-23-4-2-1-3-20(22)23/h1-12,15,21,27H,13-14H2,(H2,28,29,30)/t21-/m1/s1. The first kappa shape index (κ1) is 19.6. The van der Waals surface area contributed by atoms with E-state index in [4.69, 9.17) is 0 Å². The summed E-state index contributed by atoms with van der Waals surface area (Å²) in [4.78, 5) is 15.6. The molecular weight excluding hydrogens is 384 g/mol. The topological polar surface area (TPSA) is 56.9 Å². The summed E-state index contributed by atoms with van der Waals surface area (Å²) in [6.45, 7) is 0.628. The molecule has 30 heavy (non-hydrogen) atoms. The van der Waals surface area contributed by atoms with Crippen LogP contribution in [0.1, 0.15) is 22.6 Å². The molecule has 0 saturated carbocycles. The zero-order valence-electron chi connectivity index (χ0n) is 16.2. The fourth-order valence-corrected chi connectivity index (χ4v) is 3.53.